The zero-order chi connectivity index (χ0) is 44.7. The van der Waals surface area contributed by atoms with Crippen molar-refractivity contribution >= 4 is 23.9 Å². The second kappa shape index (κ2) is 19.6. The summed E-state index contributed by atoms with van der Waals surface area (Å²) in [6.45, 7) is 7.78. The number of piperazine rings is 1. The Kier molecular flexibility index (Phi) is 13.4. The molecule has 3 saturated heterocycles. The van der Waals surface area contributed by atoms with Gasteiger partial charge in [-0.1, -0.05) is 80.3 Å². The molecule has 3 fully saturated rings. The van der Waals surface area contributed by atoms with Gasteiger partial charge >= 0.3 is 12.1 Å². The van der Waals surface area contributed by atoms with Crippen molar-refractivity contribution in [2.24, 2.45) is 5.92 Å². The van der Waals surface area contributed by atoms with E-state index in [1.54, 1.807) is 16.0 Å². The standard InChI is InChI=1S/C49H56N10O5/c1-32(2)42(55-49(63)64-4)46(60)58-24-8-12-40(58)44-50-30-38(52-44)35-20-16-33(17-21-35)14-15-34-18-22-36(23-19-34)39-31-51-45(53-39)41-13-9-25-59(41)47(61)43(37-10-6-5-7-11-37)54-48(62)57-28-26-56(3)27-29-57/h5-7,10-11,16-23,30-32,40-43H,8-9,12-13,24-29H2,1-4H3,(H,50,52)(H,51,53)(H,54,62)(H,55,63). The number of nitrogens with one attached hydrogen (secondary N) is 4. The van der Waals surface area contributed by atoms with Gasteiger partial charge in [-0.2, -0.15) is 0 Å². The summed E-state index contributed by atoms with van der Waals surface area (Å²) in [5, 5.41) is 5.76. The molecule has 0 bridgehead atoms. The van der Waals surface area contributed by atoms with Crippen molar-refractivity contribution < 1.29 is 23.9 Å². The summed E-state index contributed by atoms with van der Waals surface area (Å²) in [5.74, 6) is 7.57. The first-order valence-electron chi connectivity index (χ1n) is 22.1. The fraction of sp³-hybridized carbons (Fsp3) is 0.388. The van der Waals surface area contributed by atoms with Crippen LogP contribution in [0.15, 0.2) is 91.3 Å². The molecule has 5 amide bonds. The Labute approximate surface area is 374 Å². The van der Waals surface area contributed by atoms with Gasteiger partial charge in [0.05, 0.1) is 43.0 Å². The molecule has 8 rings (SSSR count). The van der Waals surface area contributed by atoms with Crippen LogP contribution >= 0.6 is 0 Å². The van der Waals surface area contributed by atoms with Gasteiger partial charge in [-0.15, -0.1) is 0 Å². The molecular weight excluding hydrogens is 809 g/mol. The van der Waals surface area contributed by atoms with Gasteiger partial charge in [0.1, 0.15) is 23.7 Å². The van der Waals surface area contributed by atoms with E-state index >= 15 is 0 Å². The number of alkyl carbamates (subject to hydrolysis) is 1. The number of likely N-dealkylation sites (N-methyl/N-ethyl adjacent to an activating group) is 1. The SMILES string of the molecule is COC(=O)NC(C(=O)N1CCCC1c1ncc(-c2ccc(C#Cc3ccc(-c4cnc(C5CCCN5C(=O)C(NC(=O)N5CCN(C)CC5)c5ccccc5)[nH]4)cc3)cc2)[nH]1)C(C)C. The highest BCUT2D eigenvalue weighted by atomic mass is 16.5. The highest BCUT2D eigenvalue weighted by Crippen LogP contribution is 2.35. The van der Waals surface area contributed by atoms with Crippen LogP contribution in [0, 0.1) is 17.8 Å². The molecular formula is C49H56N10O5. The molecule has 0 radical (unpaired) electrons. The van der Waals surface area contributed by atoms with Gasteiger partial charge in [0.25, 0.3) is 0 Å². The molecule has 5 heterocycles. The third-order valence-electron chi connectivity index (χ3n) is 12.5. The predicted octanol–water partition coefficient (Wildman–Crippen LogP) is 6.27. The molecule has 15 heteroatoms. The smallest absolute Gasteiger partial charge is 0.407 e. The van der Waals surface area contributed by atoms with Crippen LogP contribution in [0.25, 0.3) is 22.5 Å². The molecule has 5 aromatic rings. The normalized spacial score (nSPS) is 18.6. The van der Waals surface area contributed by atoms with Gasteiger partial charge in [0, 0.05) is 50.4 Å². The summed E-state index contributed by atoms with van der Waals surface area (Å²) >= 11 is 0. The third-order valence-corrected chi connectivity index (χ3v) is 12.5. The minimum Gasteiger partial charge on any atom is -0.453 e. The molecule has 0 saturated carbocycles. The molecule has 3 aliphatic rings. The summed E-state index contributed by atoms with van der Waals surface area (Å²) < 4.78 is 4.76. The van der Waals surface area contributed by atoms with Crippen LogP contribution in [-0.2, 0) is 14.3 Å². The van der Waals surface area contributed by atoms with Crippen LogP contribution in [-0.4, -0.2) is 123 Å². The Morgan fingerprint density at radius 2 is 1.20 bits per heavy atom. The Bertz CT molecular complexity index is 2480. The summed E-state index contributed by atoms with van der Waals surface area (Å²) in [6.07, 6.45) is 6.19. The van der Waals surface area contributed by atoms with Gasteiger partial charge < -0.3 is 44.9 Å². The van der Waals surface area contributed by atoms with E-state index in [0.29, 0.717) is 32.0 Å². The lowest BCUT2D eigenvalue weighted by atomic mass is 10.0. The lowest BCUT2D eigenvalue weighted by Gasteiger charge is -2.34. The number of amides is 5. The van der Waals surface area contributed by atoms with Crippen LogP contribution in [0.1, 0.15) is 86.0 Å². The van der Waals surface area contributed by atoms with E-state index < -0.39 is 18.2 Å². The number of likely N-dealkylation sites (tertiary alicyclic amines) is 2. The maximum atomic E-state index is 14.3. The monoisotopic (exact) mass is 864 g/mol. The molecule has 2 aromatic heterocycles. The van der Waals surface area contributed by atoms with Crippen LogP contribution in [0.5, 0.6) is 0 Å². The lowest BCUT2D eigenvalue weighted by Crippen LogP contribution is -2.53. The third kappa shape index (κ3) is 9.82. The van der Waals surface area contributed by atoms with Crippen molar-refractivity contribution in [1.82, 2.24) is 50.2 Å². The van der Waals surface area contributed by atoms with Crippen LogP contribution in [0.3, 0.4) is 0 Å². The Balaban J connectivity index is 0.892. The molecule has 4 atom stereocenters. The maximum Gasteiger partial charge on any atom is 0.407 e. The van der Waals surface area contributed by atoms with Crippen molar-refractivity contribution in [2.45, 2.75) is 63.7 Å². The second-order valence-corrected chi connectivity index (χ2v) is 17.1. The van der Waals surface area contributed by atoms with E-state index in [0.717, 1.165) is 83.8 Å². The summed E-state index contributed by atoms with van der Waals surface area (Å²) in [6, 6.07) is 23.2. The Morgan fingerprint density at radius 1 is 0.688 bits per heavy atom. The highest BCUT2D eigenvalue weighted by molar-refractivity contribution is 5.89. The number of hydrogen-bond donors (Lipinski definition) is 4. The number of carbonyl (C=O) groups excluding carboxylic acids is 4. The first kappa shape index (κ1) is 43.7. The zero-order valence-electron chi connectivity index (χ0n) is 36.8. The van der Waals surface area contributed by atoms with Gasteiger partial charge in [0.2, 0.25) is 11.8 Å². The van der Waals surface area contributed by atoms with Gasteiger partial charge in [-0.3, -0.25) is 9.59 Å². The number of rotatable bonds is 10. The Hall–Kier alpha value is -6.92. The number of hydrogen-bond acceptors (Lipinski definition) is 8. The number of aromatic amines is 2. The number of methoxy groups -OCH3 is 1. The van der Waals surface area contributed by atoms with Crippen molar-refractivity contribution in [3.63, 3.8) is 0 Å². The molecule has 4 N–H and O–H groups in total. The zero-order valence-corrected chi connectivity index (χ0v) is 36.8. The molecule has 3 aromatic carbocycles. The highest BCUT2D eigenvalue weighted by Gasteiger charge is 2.39. The molecule has 3 aliphatic heterocycles. The number of H-pyrrole nitrogens is 2. The minimum atomic E-state index is -0.809. The van der Waals surface area contributed by atoms with Crippen molar-refractivity contribution in [1.29, 1.82) is 0 Å². The molecule has 64 heavy (non-hydrogen) atoms. The number of imidazole rings is 2. The Morgan fingerprint density at radius 3 is 1.70 bits per heavy atom. The predicted molar refractivity (Wildman–Crippen MR) is 242 cm³/mol. The van der Waals surface area contributed by atoms with Crippen LogP contribution in [0.4, 0.5) is 9.59 Å². The largest absolute Gasteiger partial charge is 0.453 e. The molecule has 4 unspecified atom stereocenters. The fourth-order valence-electron chi connectivity index (χ4n) is 8.75. The molecule has 0 aliphatic carbocycles. The summed E-state index contributed by atoms with van der Waals surface area (Å²) in [5.41, 5.74) is 6.06. The van der Waals surface area contributed by atoms with Gasteiger partial charge in [-0.25, -0.2) is 19.6 Å². The molecule has 332 valence electrons. The number of nitrogens with zero attached hydrogens (tertiary/aromatic N) is 6. The number of benzene rings is 3. The number of carbonyl (C=O) groups is 4. The number of urea groups is 1. The quantitative estimate of drug-likeness (QED) is 0.119. The van der Waals surface area contributed by atoms with Gasteiger partial charge in [-0.05, 0) is 79.6 Å². The van der Waals surface area contributed by atoms with Crippen LogP contribution < -0.4 is 10.6 Å². The number of aromatic nitrogens is 4. The van der Waals surface area contributed by atoms with E-state index in [2.05, 4.69) is 42.3 Å². The van der Waals surface area contributed by atoms with Gasteiger partial charge in [0.15, 0.2) is 0 Å². The first-order chi connectivity index (χ1) is 31.1. The van der Waals surface area contributed by atoms with E-state index in [4.69, 9.17) is 9.72 Å². The van der Waals surface area contributed by atoms with Crippen molar-refractivity contribution in [3.8, 4) is 34.4 Å². The van der Waals surface area contributed by atoms with Crippen LogP contribution in [0.2, 0.25) is 0 Å². The minimum absolute atomic E-state index is 0.109. The second-order valence-electron chi connectivity index (χ2n) is 17.1. The van der Waals surface area contributed by atoms with E-state index in [-0.39, 0.29) is 35.8 Å². The topological polar surface area (TPSA) is 172 Å². The average molecular weight is 865 g/mol. The molecule has 15 nitrogen and oxygen atoms in total. The fourth-order valence-corrected chi connectivity index (χ4v) is 8.75. The average Bonchev–Trinajstić information content (AvgIpc) is 4.17. The summed E-state index contributed by atoms with van der Waals surface area (Å²) in [4.78, 5) is 77.2. The van der Waals surface area contributed by atoms with E-state index in [1.165, 1.54) is 7.11 Å². The first-order valence-corrected chi connectivity index (χ1v) is 22.1. The number of ether oxygens (including phenoxy) is 1. The van der Waals surface area contributed by atoms with Crippen molar-refractivity contribution in [3.05, 3.63) is 120 Å². The summed E-state index contributed by atoms with van der Waals surface area (Å²) in [7, 11) is 3.33. The maximum absolute atomic E-state index is 14.3. The molecule has 0 spiro atoms. The van der Waals surface area contributed by atoms with Crippen molar-refractivity contribution in [2.75, 3.05) is 53.4 Å². The van der Waals surface area contributed by atoms with E-state index in [9.17, 15) is 19.2 Å². The lowest BCUT2D eigenvalue weighted by molar-refractivity contribution is -0.135. The van der Waals surface area contributed by atoms with E-state index in [1.807, 2.05) is 111 Å².